The molecule has 0 radical (unpaired) electrons. The molecule has 2 heteroatoms. The third kappa shape index (κ3) is 2.24. The Balaban J connectivity index is 2.06. The third-order valence-electron chi connectivity index (χ3n) is 3.74. The number of aryl methyl sites for hydroxylation is 1. The first kappa shape index (κ1) is 12.2. The second kappa shape index (κ2) is 4.71. The Labute approximate surface area is 114 Å². The van der Waals surface area contributed by atoms with Crippen molar-refractivity contribution in [1.29, 1.82) is 0 Å². The zero-order valence-electron chi connectivity index (χ0n) is 11.4. The Bertz CT molecular complexity index is 619. The molecule has 3 rings (SSSR count). The zero-order valence-corrected chi connectivity index (χ0v) is 11.4. The lowest BCUT2D eigenvalue weighted by Crippen LogP contribution is -2.05. The van der Waals surface area contributed by atoms with Crippen LogP contribution in [0.4, 0.5) is 0 Å². The van der Waals surface area contributed by atoms with E-state index < -0.39 is 0 Å². The summed E-state index contributed by atoms with van der Waals surface area (Å²) in [5, 5.41) is 0. The van der Waals surface area contributed by atoms with Crippen molar-refractivity contribution >= 4 is 0 Å². The number of hydrogen-bond donors (Lipinski definition) is 1. The van der Waals surface area contributed by atoms with Gasteiger partial charge in [0.15, 0.2) is 0 Å². The van der Waals surface area contributed by atoms with E-state index in [1.54, 1.807) is 0 Å². The smallest absolute Gasteiger partial charge is 0.123 e. The highest BCUT2D eigenvalue weighted by molar-refractivity contribution is 5.70. The van der Waals surface area contributed by atoms with Crippen LogP contribution in [0.1, 0.15) is 23.6 Å². The molecule has 0 bridgehead atoms. The molecular weight excluding hydrogens is 234 g/mol. The van der Waals surface area contributed by atoms with Crippen molar-refractivity contribution in [3.63, 3.8) is 0 Å². The second-order valence-corrected chi connectivity index (χ2v) is 5.31. The lowest BCUT2D eigenvalue weighted by Gasteiger charge is -2.09. The highest BCUT2D eigenvalue weighted by Crippen LogP contribution is 2.34. The Morgan fingerprint density at radius 1 is 1.21 bits per heavy atom. The predicted octanol–water partition coefficient (Wildman–Crippen LogP) is 3.44. The third-order valence-corrected chi connectivity index (χ3v) is 3.74. The van der Waals surface area contributed by atoms with Crippen LogP contribution in [0.2, 0.25) is 0 Å². The number of benzene rings is 2. The molecule has 0 aromatic heterocycles. The van der Waals surface area contributed by atoms with Gasteiger partial charge in [0, 0.05) is 13.0 Å². The average Bonchev–Trinajstić information content (AvgIpc) is 2.78. The van der Waals surface area contributed by atoms with E-state index in [1.165, 1.54) is 27.8 Å². The summed E-state index contributed by atoms with van der Waals surface area (Å²) in [6, 6.07) is 12.9. The van der Waals surface area contributed by atoms with E-state index >= 15 is 0 Å². The lowest BCUT2D eigenvalue weighted by molar-refractivity contribution is 0.254. The van der Waals surface area contributed by atoms with Crippen molar-refractivity contribution in [2.75, 3.05) is 0 Å². The summed E-state index contributed by atoms with van der Waals surface area (Å²) in [6.07, 6.45) is 1.29. The fourth-order valence-corrected chi connectivity index (χ4v) is 2.70. The van der Waals surface area contributed by atoms with E-state index in [0.29, 0.717) is 12.6 Å². The normalized spacial score (nSPS) is 17.1. The van der Waals surface area contributed by atoms with Gasteiger partial charge < -0.3 is 10.5 Å². The van der Waals surface area contributed by atoms with Crippen molar-refractivity contribution in [2.24, 2.45) is 5.73 Å². The van der Waals surface area contributed by atoms with E-state index in [9.17, 15) is 0 Å². The highest BCUT2D eigenvalue weighted by atomic mass is 16.5. The van der Waals surface area contributed by atoms with Gasteiger partial charge >= 0.3 is 0 Å². The largest absolute Gasteiger partial charge is 0.490 e. The first-order valence-electron chi connectivity index (χ1n) is 6.77. The molecule has 2 N–H and O–H groups in total. The van der Waals surface area contributed by atoms with Crippen molar-refractivity contribution in [3.8, 4) is 16.9 Å². The number of ether oxygens (including phenoxy) is 1. The van der Waals surface area contributed by atoms with E-state index in [-0.39, 0.29) is 0 Å². The zero-order chi connectivity index (χ0) is 13.4. The summed E-state index contributed by atoms with van der Waals surface area (Å²) in [5.74, 6) is 1.03. The molecular formula is C17H19NO. The van der Waals surface area contributed by atoms with E-state index in [2.05, 4.69) is 50.2 Å². The topological polar surface area (TPSA) is 35.2 Å². The average molecular weight is 253 g/mol. The van der Waals surface area contributed by atoms with Crippen molar-refractivity contribution in [1.82, 2.24) is 0 Å². The Morgan fingerprint density at radius 2 is 2.05 bits per heavy atom. The van der Waals surface area contributed by atoms with Gasteiger partial charge in [-0.25, -0.2) is 0 Å². The van der Waals surface area contributed by atoms with Crippen LogP contribution in [-0.4, -0.2) is 6.10 Å². The molecule has 0 fully saturated rings. The molecule has 2 aromatic rings. The second-order valence-electron chi connectivity index (χ2n) is 5.31. The summed E-state index contributed by atoms with van der Waals surface area (Å²) >= 11 is 0. The van der Waals surface area contributed by atoms with Gasteiger partial charge in [-0.1, -0.05) is 18.2 Å². The van der Waals surface area contributed by atoms with Crippen LogP contribution >= 0.6 is 0 Å². The Morgan fingerprint density at radius 3 is 2.84 bits per heavy atom. The van der Waals surface area contributed by atoms with Gasteiger partial charge in [-0.15, -0.1) is 0 Å². The van der Waals surface area contributed by atoms with Crippen LogP contribution in [-0.2, 0) is 13.0 Å². The summed E-state index contributed by atoms with van der Waals surface area (Å²) in [6.45, 7) is 4.83. The molecule has 1 atom stereocenters. The lowest BCUT2D eigenvalue weighted by atomic mass is 9.96. The van der Waals surface area contributed by atoms with Crippen molar-refractivity contribution in [2.45, 2.75) is 32.9 Å². The number of fused-ring (bicyclic) bond motifs is 1. The summed E-state index contributed by atoms with van der Waals surface area (Å²) < 4.78 is 5.75. The molecule has 0 saturated heterocycles. The molecule has 1 aliphatic rings. The summed E-state index contributed by atoms with van der Waals surface area (Å²) in [5.41, 5.74) is 12.0. The van der Waals surface area contributed by atoms with E-state index in [0.717, 1.165) is 12.2 Å². The standard InChI is InChI=1S/C17H19NO/c1-11-3-4-13(10-18)8-16(11)14-5-6-17-15(9-14)7-12(2)19-17/h3-6,8-9,12H,7,10,18H2,1-2H3. The van der Waals surface area contributed by atoms with Gasteiger partial charge in [-0.3, -0.25) is 0 Å². The van der Waals surface area contributed by atoms with Gasteiger partial charge in [-0.05, 0) is 59.9 Å². The van der Waals surface area contributed by atoms with Crippen LogP contribution in [0.15, 0.2) is 36.4 Å². The maximum Gasteiger partial charge on any atom is 0.123 e. The first-order valence-corrected chi connectivity index (χ1v) is 6.77. The molecule has 1 heterocycles. The van der Waals surface area contributed by atoms with Gasteiger partial charge in [0.2, 0.25) is 0 Å². The number of rotatable bonds is 2. The quantitative estimate of drug-likeness (QED) is 0.889. The minimum Gasteiger partial charge on any atom is -0.490 e. The van der Waals surface area contributed by atoms with Gasteiger partial charge in [-0.2, -0.15) is 0 Å². The maximum atomic E-state index is 5.75. The molecule has 19 heavy (non-hydrogen) atoms. The molecule has 2 aromatic carbocycles. The van der Waals surface area contributed by atoms with Crippen LogP contribution in [0.3, 0.4) is 0 Å². The highest BCUT2D eigenvalue weighted by Gasteiger charge is 2.19. The van der Waals surface area contributed by atoms with Crippen molar-refractivity contribution in [3.05, 3.63) is 53.1 Å². The molecule has 0 aliphatic carbocycles. The number of nitrogens with two attached hydrogens (primary N) is 1. The van der Waals surface area contributed by atoms with Crippen molar-refractivity contribution < 1.29 is 4.74 Å². The monoisotopic (exact) mass is 253 g/mol. The minimum atomic E-state index is 0.293. The molecule has 1 unspecified atom stereocenters. The molecule has 0 spiro atoms. The SMILES string of the molecule is Cc1ccc(CN)cc1-c1ccc2c(c1)CC(C)O2. The van der Waals surface area contributed by atoms with E-state index in [1.807, 2.05) is 0 Å². The van der Waals surface area contributed by atoms with Crippen LogP contribution in [0, 0.1) is 6.92 Å². The van der Waals surface area contributed by atoms with Gasteiger partial charge in [0.25, 0.3) is 0 Å². The first-order chi connectivity index (χ1) is 9.17. The van der Waals surface area contributed by atoms with Crippen LogP contribution in [0.5, 0.6) is 5.75 Å². The molecule has 0 amide bonds. The fourth-order valence-electron chi connectivity index (χ4n) is 2.70. The van der Waals surface area contributed by atoms with Gasteiger partial charge in [0.1, 0.15) is 11.9 Å². The molecule has 98 valence electrons. The predicted molar refractivity (Wildman–Crippen MR) is 78.3 cm³/mol. The maximum absolute atomic E-state index is 5.75. The van der Waals surface area contributed by atoms with E-state index in [4.69, 9.17) is 10.5 Å². The van der Waals surface area contributed by atoms with Crippen LogP contribution < -0.4 is 10.5 Å². The molecule has 0 saturated carbocycles. The van der Waals surface area contributed by atoms with Gasteiger partial charge in [0.05, 0.1) is 0 Å². The summed E-state index contributed by atoms with van der Waals surface area (Å²) in [7, 11) is 0. The van der Waals surface area contributed by atoms with Crippen LogP contribution in [0.25, 0.3) is 11.1 Å². The Hall–Kier alpha value is -1.80. The Kier molecular flexibility index (Phi) is 3.03. The number of hydrogen-bond acceptors (Lipinski definition) is 2. The molecule has 1 aliphatic heterocycles. The minimum absolute atomic E-state index is 0.293. The fraction of sp³-hybridized carbons (Fsp3) is 0.294. The molecule has 2 nitrogen and oxygen atoms in total. The summed E-state index contributed by atoms with van der Waals surface area (Å²) in [4.78, 5) is 0.